The lowest BCUT2D eigenvalue weighted by molar-refractivity contribution is -0.144. The Labute approximate surface area is 719 Å². The quantitative estimate of drug-likeness (QED) is 0.0199. The number of aliphatic hydroxyl groups excluding tert-OH is 1. The van der Waals surface area contributed by atoms with Crippen molar-refractivity contribution in [2.45, 2.75) is 229 Å². The molecule has 1 aliphatic heterocycles. The summed E-state index contributed by atoms with van der Waals surface area (Å²) in [5, 5.41) is 89.3. The molecule has 0 spiro atoms. The maximum atomic E-state index is 14.8. The van der Waals surface area contributed by atoms with E-state index in [2.05, 4.69) is 63.8 Å². The van der Waals surface area contributed by atoms with E-state index in [0.717, 1.165) is 6.92 Å². The van der Waals surface area contributed by atoms with Crippen LogP contribution in [0.3, 0.4) is 0 Å². The molecule has 0 bridgehead atoms. The van der Waals surface area contributed by atoms with E-state index in [1.54, 1.807) is 90.1 Å². The van der Waals surface area contributed by atoms with Crippen molar-refractivity contribution in [3.05, 3.63) is 131 Å². The lowest BCUT2D eigenvalue weighted by atomic mass is 9.98. The molecule has 16 atom stereocenters. The molecule has 0 aliphatic carbocycles. The number of carbonyl (C=O) groups excluding carboxylic acids is 16. The Hall–Kier alpha value is -13.7. The van der Waals surface area contributed by atoms with Crippen LogP contribution in [0.4, 0.5) is 0 Å². The highest BCUT2D eigenvalue weighted by Crippen LogP contribution is 2.22. The summed E-state index contributed by atoms with van der Waals surface area (Å²) in [6, 6.07) is 2.06. The fourth-order valence-electron chi connectivity index (χ4n) is 13.4. The third kappa shape index (κ3) is 34.3. The van der Waals surface area contributed by atoms with Gasteiger partial charge in [0.2, 0.25) is 94.5 Å². The fraction of sp³-hybridized carbons (Fsp3) is 0.482. The van der Waals surface area contributed by atoms with Crippen molar-refractivity contribution in [2.75, 3.05) is 6.54 Å². The highest BCUT2D eigenvalue weighted by atomic mass is 16.4. The summed E-state index contributed by atoms with van der Waals surface area (Å²) in [5.74, 6) is -25.5. The van der Waals surface area contributed by atoms with Crippen LogP contribution in [-0.4, -0.2) is 245 Å². The standard InChI is InChI=1S/C83H113N17O25/c1-8-43(6)68(83(124)125)98-78(119)58(37-64(86)105)93-72(113)54(33-45-16-11-9-12-17-45)90-70(111)52(30-41(2)3)88-74(115)56(35-48-23-27-50(103)28-24-48)97-81(122)69(44(7)101)99-79(120)59(38-65(87)106)94-76(117)60(39-66(107)108)95-73(114)55(34-46-18-13-10-14-19-46)91-75(116)57(36-63(85)104)92-71(112)53(31-42(4)5)89-77(118)61(40-67(109)110)96-80(121)62-20-15-29-100(62)82(123)51(84)32-47-21-25-49(102)26-22-47/h9-14,16-19,21-28,41-44,51-62,68-69,101-103H,8,15,20,29-40,84H2,1-7H3,(H2,85,104)(H2,86,105)(H2,87,106)(H,88,115)(H,89,118)(H,90,111)(H,91,116)(H,92,112)(H,93,113)(H,94,117)(H,95,114)(H,96,121)(H,97,122)(H,98,119)(H,99,120)(H,107,108)(H,109,110)(H,124,125)/t43-,44+,51-,52-,53-,54-,55-,56-,57-,58-,59-,60-,61-,62-,68-,69-/m0/s1. The molecular weight excluding hydrogens is 1640 g/mol. The van der Waals surface area contributed by atoms with Gasteiger partial charge in [-0.25, -0.2) is 4.79 Å². The van der Waals surface area contributed by atoms with Gasteiger partial charge < -0.3 is 122 Å². The molecule has 42 heteroatoms. The van der Waals surface area contributed by atoms with Crippen LogP contribution in [0.15, 0.2) is 109 Å². The lowest BCUT2D eigenvalue weighted by Gasteiger charge is -2.29. The maximum absolute atomic E-state index is 14.8. The first-order chi connectivity index (χ1) is 58.8. The van der Waals surface area contributed by atoms with Gasteiger partial charge >= 0.3 is 17.9 Å². The number of nitrogens with one attached hydrogen (secondary N) is 12. The van der Waals surface area contributed by atoms with Crippen LogP contribution in [0, 0.1) is 17.8 Å². The minimum Gasteiger partial charge on any atom is -0.508 e. The summed E-state index contributed by atoms with van der Waals surface area (Å²) in [6.45, 7) is 10.8. The molecule has 4 aromatic rings. The lowest BCUT2D eigenvalue weighted by Crippen LogP contribution is -2.63. The van der Waals surface area contributed by atoms with Crippen LogP contribution in [0.2, 0.25) is 0 Å². The highest BCUT2D eigenvalue weighted by molar-refractivity contribution is 6.03. The number of carbonyl (C=O) groups is 19. The van der Waals surface area contributed by atoms with E-state index in [4.69, 9.17) is 22.9 Å². The average molecular weight is 1750 g/mol. The normalized spacial score (nSPS) is 16.0. The Morgan fingerprint density at radius 1 is 0.376 bits per heavy atom. The molecule has 1 heterocycles. The second-order valence-corrected chi connectivity index (χ2v) is 31.4. The predicted molar refractivity (Wildman–Crippen MR) is 443 cm³/mol. The summed E-state index contributed by atoms with van der Waals surface area (Å²) in [7, 11) is 0. The van der Waals surface area contributed by atoms with E-state index in [-0.39, 0.29) is 61.3 Å². The third-order valence-corrected chi connectivity index (χ3v) is 20.0. The van der Waals surface area contributed by atoms with E-state index < -0.39 is 266 Å². The molecule has 0 radical (unpaired) electrons. The molecule has 1 saturated heterocycles. The average Bonchev–Trinajstić information content (AvgIpc) is 1.73. The van der Waals surface area contributed by atoms with Crippen molar-refractivity contribution >= 4 is 112 Å². The minimum absolute atomic E-state index is 0.0141. The van der Waals surface area contributed by atoms with Gasteiger partial charge in [0, 0.05) is 25.8 Å². The largest absolute Gasteiger partial charge is 0.508 e. The van der Waals surface area contributed by atoms with E-state index in [1.807, 2.05) is 0 Å². The van der Waals surface area contributed by atoms with Gasteiger partial charge in [-0.3, -0.25) is 86.3 Å². The predicted octanol–water partition coefficient (Wildman–Crippen LogP) is -4.32. The molecule has 1 fully saturated rings. The van der Waals surface area contributed by atoms with Crippen LogP contribution in [0.5, 0.6) is 11.5 Å². The number of phenolic OH excluding ortho intramolecular Hbond substituents is 2. The smallest absolute Gasteiger partial charge is 0.326 e. The fourth-order valence-corrected chi connectivity index (χ4v) is 13.4. The molecule has 4 aromatic carbocycles. The summed E-state index contributed by atoms with van der Waals surface area (Å²) >= 11 is 0. The molecular formula is C83H113N17O25. The number of carboxylic acids is 3. The third-order valence-electron chi connectivity index (χ3n) is 20.0. The van der Waals surface area contributed by atoms with Crippen molar-refractivity contribution < 1.29 is 122 Å². The monoisotopic (exact) mass is 1750 g/mol. The van der Waals surface area contributed by atoms with Gasteiger partial charge in [0.1, 0.15) is 90.0 Å². The number of hydrogen-bond acceptors (Lipinski definition) is 23. The van der Waals surface area contributed by atoms with Crippen LogP contribution < -0.4 is 86.7 Å². The van der Waals surface area contributed by atoms with Crippen LogP contribution in [0.1, 0.15) is 135 Å². The van der Waals surface area contributed by atoms with E-state index in [1.165, 1.54) is 65.6 Å². The van der Waals surface area contributed by atoms with Gasteiger partial charge in [0.05, 0.1) is 44.2 Å². The van der Waals surface area contributed by atoms with Gasteiger partial charge in [-0.1, -0.05) is 133 Å². The Morgan fingerprint density at radius 3 is 1.01 bits per heavy atom. The molecule has 125 heavy (non-hydrogen) atoms. The van der Waals surface area contributed by atoms with Crippen molar-refractivity contribution in [1.29, 1.82) is 0 Å². The van der Waals surface area contributed by atoms with E-state index in [9.17, 15) is 122 Å². The van der Waals surface area contributed by atoms with Crippen molar-refractivity contribution in [2.24, 2.45) is 40.7 Å². The summed E-state index contributed by atoms with van der Waals surface area (Å²) in [6.07, 6.45) is -8.21. The molecule has 680 valence electrons. The number of rotatable bonds is 51. The molecule has 42 nitrogen and oxygen atoms in total. The van der Waals surface area contributed by atoms with Crippen LogP contribution in [0.25, 0.3) is 0 Å². The van der Waals surface area contributed by atoms with Gasteiger partial charge in [0.15, 0.2) is 0 Å². The van der Waals surface area contributed by atoms with Gasteiger partial charge in [-0.05, 0) is 103 Å². The topological polar surface area (TPSA) is 697 Å². The van der Waals surface area contributed by atoms with Gasteiger partial charge in [-0.2, -0.15) is 0 Å². The first-order valence-electron chi connectivity index (χ1n) is 40.4. The van der Waals surface area contributed by atoms with E-state index >= 15 is 0 Å². The number of amides is 16. The highest BCUT2D eigenvalue weighted by Gasteiger charge is 2.43. The van der Waals surface area contributed by atoms with Crippen LogP contribution in [-0.2, 0) is 117 Å². The molecule has 16 amide bonds. The second-order valence-electron chi connectivity index (χ2n) is 31.4. The number of benzene rings is 4. The molecule has 26 N–H and O–H groups in total. The summed E-state index contributed by atoms with van der Waals surface area (Å²) < 4.78 is 0. The number of hydrogen-bond donors (Lipinski definition) is 22. The minimum atomic E-state index is -2.26. The summed E-state index contributed by atoms with van der Waals surface area (Å²) in [4.78, 5) is 262. The molecule has 0 aromatic heterocycles. The second kappa shape index (κ2) is 49.4. The van der Waals surface area contributed by atoms with E-state index in [0.29, 0.717) is 24.0 Å². The zero-order chi connectivity index (χ0) is 93.2. The maximum Gasteiger partial charge on any atom is 0.326 e. The Balaban J connectivity index is 1.39. The summed E-state index contributed by atoms with van der Waals surface area (Å²) in [5.41, 5.74) is 24.5. The molecule has 0 saturated carbocycles. The number of aliphatic carboxylic acids is 3. The number of aliphatic hydroxyl groups is 1. The Kier molecular flexibility index (Phi) is 40.3. The van der Waals surface area contributed by atoms with Gasteiger partial charge in [-0.15, -0.1) is 0 Å². The zero-order valence-corrected chi connectivity index (χ0v) is 70.1. The van der Waals surface area contributed by atoms with Crippen molar-refractivity contribution in [3.8, 4) is 11.5 Å². The first kappa shape index (κ1) is 102. The van der Waals surface area contributed by atoms with Crippen molar-refractivity contribution in [3.63, 3.8) is 0 Å². The van der Waals surface area contributed by atoms with Crippen LogP contribution >= 0.6 is 0 Å². The number of carboxylic acid groups (broad SMARTS) is 3. The molecule has 0 unspecified atom stereocenters. The van der Waals surface area contributed by atoms with Gasteiger partial charge in [0.25, 0.3) is 0 Å². The number of nitrogens with zero attached hydrogens (tertiary/aromatic N) is 1. The number of nitrogens with two attached hydrogens (primary N) is 4. The number of phenols is 2. The van der Waals surface area contributed by atoms with Crippen molar-refractivity contribution in [1.82, 2.24) is 68.7 Å². The molecule has 5 rings (SSSR count). The zero-order valence-electron chi connectivity index (χ0n) is 70.1. The molecule has 1 aliphatic rings. The first-order valence-corrected chi connectivity index (χ1v) is 40.4. The number of primary amides is 3. The number of aromatic hydroxyl groups is 2. The Morgan fingerprint density at radius 2 is 0.672 bits per heavy atom. The Bertz CT molecular complexity index is 4480. The SMILES string of the molecule is CC[C@H](C)[C@H](NC(=O)[C@H](CC(N)=O)NC(=O)[C@H](Cc1ccccc1)NC(=O)[C@H](CC(C)C)NC(=O)[C@H](Cc1ccc(O)cc1)NC(=O)[C@@H](NC(=O)[C@H](CC(N)=O)NC(=O)[C@H](CC(=O)O)NC(=O)[C@H](Cc1ccccc1)NC(=O)[C@H](CC(N)=O)NC(=O)[C@H](CC(C)C)NC(=O)[C@H](CC(=O)O)NC(=O)[C@@H]1CCCN1C(=O)[C@@H](N)Cc1ccc(O)cc1)[C@@H](C)O)C(=O)O. The number of likely N-dealkylation sites (tertiary alicyclic amines) is 1.